The van der Waals surface area contributed by atoms with Crippen molar-refractivity contribution in [2.45, 2.75) is 0 Å². The van der Waals surface area contributed by atoms with Crippen LogP contribution in [0, 0.1) is 0 Å². The molecule has 1 nitrogen and oxygen atoms in total. The van der Waals surface area contributed by atoms with Gasteiger partial charge in [-0.2, -0.15) is 0 Å². The van der Waals surface area contributed by atoms with Crippen LogP contribution in [-0.4, -0.2) is 0 Å². The van der Waals surface area contributed by atoms with E-state index in [9.17, 15) is 0 Å². The molecule has 268 valence electrons. The number of hydrogen-bond acceptors (Lipinski definition) is 1. The summed E-state index contributed by atoms with van der Waals surface area (Å²) in [6.45, 7) is 0. The van der Waals surface area contributed by atoms with Gasteiger partial charge in [-0.05, 0) is 114 Å². The van der Waals surface area contributed by atoms with Crippen LogP contribution in [0.1, 0.15) is 0 Å². The van der Waals surface area contributed by atoms with Crippen molar-refractivity contribution in [3.05, 3.63) is 237 Å². The first-order valence-electron chi connectivity index (χ1n) is 19.6. The topological polar surface area (TPSA) is 3.24 Å². The fraction of sp³-hybridized carbons (Fsp3) is 0. The van der Waals surface area contributed by atoms with Crippen molar-refractivity contribution < 1.29 is 0 Å². The molecule has 0 heterocycles. The van der Waals surface area contributed by atoms with Crippen LogP contribution in [-0.2, 0) is 0 Å². The van der Waals surface area contributed by atoms with Crippen LogP contribution in [0.15, 0.2) is 237 Å². The van der Waals surface area contributed by atoms with Gasteiger partial charge < -0.3 is 4.90 Å². The average molecular weight is 726 g/mol. The van der Waals surface area contributed by atoms with Gasteiger partial charge >= 0.3 is 0 Å². The Hall–Kier alpha value is -7.48. The molecule has 0 radical (unpaired) electrons. The van der Waals surface area contributed by atoms with Crippen molar-refractivity contribution >= 4 is 38.6 Å². The minimum absolute atomic E-state index is 1.09. The van der Waals surface area contributed by atoms with Crippen LogP contribution < -0.4 is 4.90 Å². The summed E-state index contributed by atoms with van der Waals surface area (Å²) < 4.78 is 0. The second kappa shape index (κ2) is 15.0. The third kappa shape index (κ3) is 6.66. The largest absolute Gasteiger partial charge is 0.310 e. The van der Waals surface area contributed by atoms with E-state index >= 15 is 0 Å². The number of anilines is 3. The minimum Gasteiger partial charge on any atom is -0.310 e. The fourth-order valence-electron chi connectivity index (χ4n) is 8.23. The zero-order valence-electron chi connectivity index (χ0n) is 31.5. The molecule has 0 spiro atoms. The molecule has 57 heavy (non-hydrogen) atoms. The predicted molar refractivity (Wildman–Crippen MR) is 243 cm³/mol. The van der Waals surface area contributed by atoms with E-state index in [4.69, 9.17) is 0 Å². The van der Waals surface area contributed by atoms with Crippen molar-refractivity contribution in [3.63, 3.8) is 0 Å². The highest BCUT2D eigenvalue weighted by atomic mass is 15.1. The Balaban J connectivity index is 1.06. The first-order valence-corrected chi connectivity index (χ1v) is 19.6. The molecule has 0 aromatic heterocycles. The lowest BCUT2D eigenvalue weighted by molar-refractivity contribution is 1.28. The predicted octanol–water partition coefficient (Wildman–Crippen LogP) is 15.8. The second-order valence-corrected chi connectivity index (χ2v) is 14.5. The first kappa shape index (κ1) is 34.0. The van der Waals surface area contributed by atoms with E-state index in [1.54, 1.807) is 0 Å². The van der Waals surface area contributed by atoms with Crippen LogP contribution >= 0.6 is 0 Å². The van der Waals surface area contributed by atoms with E-state index in [0.717, 1.165) is 17.1 Å². The van der Waals surface area contributed by atoms with Crippen LogP contribution in [0.3, 0.4) is 0 Å². The van der Waals surface area contributed by atoms with Crippen molar-refractivity contribution in [3.8, 4) is 55.6 Å². The summed E-state index contributed by atoms with van der Waals surface area (Å²) in [6.07, 6.45) is 0. The van der Waals surface area contributed by atoms with Crippen LogP contribution in [0.4, 0.5) is 17.1 Å². The SMILES string of the molecule is c1ccc(-c2ccccc2N(c2ccc(-c3cccc(-c4ccc5ccccc5c4)c3)cc2)c2ccc(-c3ccc4ccccc4c3-c3ccccc3)cc2)cc1. The van der Waals surface area contributed by atoms with Crippen molar-refractivity contribution in [1.29, 1.82) is 0 Å². The smallest absolute Gasteiger partial charge is 0.0540 e. The summed E-state index contributed by atoms with van der Waals surface area (Å²) in [5, 5.41) is 5.00. The molecule has 0 unspecified atom stereocenters. The summed E-state index contributed by atoms with van der Waals surface area (Å²) in [5.74, 6) is 0. The molecule has 0 aliphatic rings. The van der Waals surface area contributed by atoms with Gasteiger partial charge in [-0.1, -0.05) is 194 Å². The zero-order chi connectivity index (χ0) is 38.0. The maximum absolute atomic E-state index is 2.39. The van der Waals surface area contributed by atoms with E-state index in [1.165, 1.54) is 77.2 Å². The van der Waals surface area contributed by atoms with E-state index in [-0.39, 0.29) is 0 Å². The zero-order valence-corrected chi connectivity index (χ0v) is 31.5. The van der Waals surface area contributed by atoms with E-state index in [2.05, 4.69) is 241 Å². The minimum atomic E-state index is 1.09. The number of hydrogen-bond donors (Lipinski definition) is 0. The van der Waals surface area contributed by atoms with Crippen LogP contribution in [0.2, 0.25) is 0 Å². The third-order valence-electron chi connectivity index (χ3n) is 11.1. The molecule has 0 atom stereocenters. The van der Waals surface area contributed by atoms with Gasteiger partial charge in [0.05, 0.1) is 5.69 Å². The normalized spacial score (nSPS) is 11.2. The highest BCUT2D eigenvalue weighted by Gasteiger charge is 2.19. The van der Waals surface area contributed by atoms with E-state index < -0.39 is 0 Å². The Morgan fingerprint density at radius 3 is 1.47 bits per heavy atom. The highest BCUT2D eigenvalue weighted by Crippen LogP contribution is 2.43. The monoisotopic (exact) mass is 725 g/mol. The Morgan fingerprint density at radius 1 is 0.246 bits per heavy atom. The Morgan fingerprint density at radius 2 is 0.737 bits per heavy atom. The summed E-state index contributed by atoms with van der Waals surface area (Å²) in [6, 6.07) is 85.6. The van der Waals surface area contributed by atoms with Crippen LogP contribution in [0.25, 0.3) is 77.2 Å². The van der Waals surface area contributed by atoms with Gasteiger partial charge in [0.1, 0.15) is 0 Å². The molecule has 0 aliphatic carbocycles. The molecule has 1 heteroatoms. The van der Waals surface area contributed by atoms with Crippen molar-refractivity contribution in [2.24, 2.45) is 0 Å². The maximum Gasteiger partial charge on any atom is 0.0540 e. The van der Waals surface area contributed by atoms with Gasteiger partial charge in [-0.15, -0.1) is 0 Å². The van der Waals surface area contributed by atoms with Crippen LogP contribution in [0.5, 0.6) is 0 Å². The highest BCUT2D eigenvalue weighted by molar-refractivity contribution is 6.04. The van der Waals surface area contributed by atoms with Gasteiger partial charge in [-0.3, -0.25) is 0 Å². The first-order chi connectivity index (χ1) is 28.3. The maximum atomic E-state index is 2.39. The molecule has 0 aliphatic heterocycles. The quantitative estimate of drug-likeness (QED) is 0.151. The number of rotatable bonds is 8. The van der Waals surface area contributed by atoms with Gasteiger partial charge in [0.15, 0.2) is 0 Å². The molecule has 0 bridgehead atoms. The van der Waals surface area contributed by atoms with Gasteiger partial charge in [-0.25, -0.2) is 0 Å². The summed E-state index contributed by atoms with van der Waals surface area (Å²) in [4.78, 5) is 2.39. The molecular formula is C56H39N. The molecule has 0 saturated carbocycles. The molecule has 10 rings (SSSR count). The van der Waals surface area contributed by atoms with Gasteiger partial charge in [0.25, 0.3) is 0 Å². The van der Waals surface area contributed by atoms with Crippen molar-refractivity contribution in [2.75, 3.05) is 4.90 Å². The second-order valence-electron chi connectivity index (χ2n) is 14.5. The molecule has 0 N–H and O–H groups in total. The summed E-state index contributed by atoms with van der Waals surface area (Å²) in [7, 11) is 0. The number of benzene rings is 10. The molecule has 10 aromatic rings. The molecule has 10 aromatic carbocycles. The molecule has 0 saturated heterocycles. The third-order valence-corrected chi connectivity index (χ3v) is 11.1. The molecular weight excluding hydrogens is 687 g/mol. The Labute approximate surface area is 334 Å². The standard InChI is InChI=1S/C56H39N/c1-3-15-42(16-4-1)52-23-11-12-25-55(52)57(50-33-28-41(29-34-50)47-21-13-22-48(38-47)49-27-26-40-14-7-8-20-46(40)39-49)51-35-30-44(31-36-51)54-37-32-43-17-9-10-24-53(43)56(54)45-18-5-2-6-19-45/h1-39H. The Kier molecular flexibility index (Phi) is 8.95. The lowest BCUT2D eigenvalue weighted by Crippen LogP contribution is -2.11. The number of nitrogens with zero attached hydrogens (tertiary/aromatic N) is 1. The lowest BCUT2D eigenvalue weighted by atomic mass is 9.89. The number of para-hydroxylation sites is 1. The molecule has 0 fully saturated rings. The summed E-state index contributed by atoms with van der Waals surface area (Å²) in [5.41, 5.74) is 15.3. The number of fused-ring (bicyclic) bond motifs is 2. The average Bonchev–Trinajstić information content (AvgIpc) is 3.30. The lowest BCUT2D eigenvalue weighted by Gasteiger charge is -2.28. The summed E-state index contributed by atoms with van der Waals surface area (Å²) >= 11 is 0. The molecule has 0 amide bonds. The fourth-order valence-corrected chi connectivity index (χ4v) is 8.23. The van der Waals surface area contributed by atoms with Gasteiger partial charge in [0.2, 0.25) is 0 Å². The Bertz CT molecular complexity index is 2980. The van der Waals surface area contributed by atoms with E-state index in [1.807, 2.05) is 0 Å². The van der Waals surface area contributed by atoms with Gasteiger partial charge in [0, 0.05) is 16.9 Å². The van der Waals surface area contributed by atoms with E-state index in [0.29, 0.717) is 0 Å². The van der Waals surface area contributed by atoms with Crippen molar-refractivity contribution in [1.82, 2.24) is 0 Å².